The quantitative estimate of drug-likeness (QED) is 0.900. The fourth-order valence-electron chi connectivity index (χ4n) is 2.39. The van der Waals surface area contributed by atoms with E-state index >= 15 is 0 Å². The lowest BCUT2D eigenvalue weighted by Gasteiger charge is -2.31. The zero-order valence-electron chi connectivity index (χ0n) is 10.6. The van der Waals surface area contributed by atoms with Crippen molar-refractivity contribution in [1.29, 1.82) is 0 Å². The Kier molecular flexibility index (Phi) is 3.24. The Balaban J connectivity index is 1.74. The summed E-state index contributed by atoms with van der Waals surface area (Å²) in [6.45, 7) is 5.65. The van der Waals surface area contributed by atoms with Crippen LogP contribution in [0.1, 0.15) is 4.88 Å². The minimum absolute atomic E-state index is 0.353. The lowest BCUT2D eigenvalue weighted by molar-refractivity contribution is 0.149. The van der Waals surface area contributed by atoms with E-state index < -0.39 is 0 Å². The molecule has 0 aliphatic carbocycles. The molecule has 0 amide bonds. The number of thiophene rings is 1. The summed E-state index contributed by atoms with van der Waals surface area (Å²) >= 11 is 1.83. The number of fused-ring (bicyclic) bond motifs is 1. The minimum atomic E-state index is 0.353. The maximum atomic E-state index is 9.48. The molecule has 1 aliphatic rings. The van der Waals surface area contributed by atoms with E-state index in [1.807, 2.05) is 23.5 Å². The molecule has 1 fully saturated rings. The highest BCUT2D eigenvalue weighted by Gasteiger charge is 2.14. The van der Waals surface area contributed by atoms with E-state index in [4.69, 9.17) is 0 Å². The highest BCUT2D eigenvalue weighted by molar-refractivity contribution is 7.19. The van der Waals surface area contributed by atoms with E-state index in [-0.39, 0.29) is 0 Å². The summed E-state index contributed by atoms with van der Waals surface area (Å²) in [5.74, 6) is 0.353. The molecule has 1 aliphatic heterocycles. The van der Waals surface area contributed by atoms with Crippen LogP contribution in [0.3, 0.4) is 0 Å². The maximum absolute atomic E-state index is 9.48. The Morgan fingerprint density at radius 2 is 1.94 bits per heavy atom. The molecule has 0 radical (unpaired) electrons. The van der Waals surface area contributed by atoms with Gasteiger partial charge >= 0.3 is 0 Å². The van der Waals surface area contributed by atoms with Crippen molar-refractivity contribution in [2.45, 2.75) is 6.54 Å². The van der Waals surface area contributed by atoms with Crippen LogP contribution in [0.4, 0.5) is 0 Å². The van der Waals surface area contributed by atoms with Gasteiger partial charge in [-0.05, 0) is 36.7 Å². The molecule has 0 bridgehead atoms. The lowest BCUT2D eigenvalue weighted by atomic mass is 10.2. The molecule has 0 saturated carbocycles. The van der Waals surface area contributed by atoms with Gasteiger partial charge in [-0.3, -0.25) is 4.90 Å². The fourth-order valence-corrected chi connectivity index (χ4v) is 3.48. The van der Waals surface area contributed by atoms with Crippen LogP contribution >= 0.6 is 11.3 Å². The van der Waals surface area contributed by atoms with Crippen molar-refractivity contribution in [3.63, 3.8) is 0 Å². The second-order valence-corrected chi connectivity index (χ2v) is 6.18. The average molecular weight is 262 g/mol. The van der Waals surface area contributed by atoms with Gasteiger partial charge in [0.15, 0.2) is 0 Å². The molecule has 0 atom stereocenters. The van der Waals surface area contributed by atoms with Crippen molar-refractivity contribution in [2.24, 2.45) is 0 Å². The Hall–Kier alpha value is -1.10. The number of benzene rings is 1. The number of aromatic hydroxyl groups is 1. The molecular formula is C14H18N2OS. The average Bonchev–Trinajstić information content (AvgIpc) is 2.73. The molecule has 1 N–H and O–H groups in total. The van der Waals surface area contributed by atoms with Gasteiger partial charge in [-0.25, -0.2) is 0 Å². The van der Waals surface area contributed by atoms with Crippen LogP contribution in [0.2, 0.25) is 0 Å². The summed E-state index contributed by atoms with van der Waals surface area (Å²) in [6.07, 6.45) is 0. The number of hydrogen-bond donors (Lipinski definition) is 1. The van der Waals surface area contributed by atoms with Crippen molar-refractivity contribution < 1.29 is 5.11 Å². The van der Waals surface area contributed by atoms with Crippen LogP contribution in [0.5, 0.6) is 5.75 Å². The van der Waals surface area contributed by atoms with Gasteiger partial charge in [-0.2, -0.15) is 0 Å². The molecule has 18 heavy (non-hydrogen) atoms. The van der Waals surface area contributed by atoms with Crippen LogP contribution in [-0.4, -0.2) is 48.1 Å². The van der Waals surface area contributed by atoms with E-state index in [2.05, 4.69) is 22.9 Å². The Morgan fingerprint density at radius 1 is 1.17 bits per heavy atom. The molecule has 1 aromatic heterocycles. The molecule has 96 valence electrons. The molecule has 0 spiro atoms. The van der Waals surface area contributed by atoms with Gasteiger partial charge < -0.3 is 10.0 Å². The van der Waals surface area contributed by atoms with Crippen LogP contribution in [-0.2, 0) is 6.54 Å². The molecule has 1 aromatic carbocycles. The fraction of sp³-hybridized carbons (Fsp3) is 0.429. The second kappa shape index (κ2) is 4.88. The van der Waals surface area contributed by atoms with E-state index in [9.17, 15) is 5.11 Å². The number of phenolic OH excluding ortho intramolecular Hbond substituents is 1. The van der Waals surface area contributed by atoms with Gasteiger partial charge in [0.1, 0.15) is 5.75 Å². The first kappa shape index (κ1) is 12.0. The van der Waals surface area contributed by atoms with Gasteiger partial charge in [0, 0.05) is 42.3 Å². The first-order valence-corrected chi connectivity index (χ1v) is 7.15. The van der Waals surface area contributed by atoms with Gasteiger partial charge in [0.25, 0.3) is 0 Å². The summed E-state index contributed by atoms with van der Waals surface area (Å²) in [6, 6.07) is 7.82. The number of nitrogens with zero attached hydrogens (tertiary/aromatic N) is 2. The standard InChI is InChI=1S/C14H18N2OS/c1-15-4-6-16(7-5-15)10-13-9-11-8-12(17)2-3-14(11)18-13/h2-3,8-9,17H,4-7,10H2,1H3. The van der Waals surface area contributed by atoms with Crippen molar-refractivity contribution in [3.05, 3.63) is 29.1 Å². The monoisotopic (exact) mass is 262 g/mol. The third-order valence-electron chi connectivity index (χ3n) is 3.53. The third-order valence-corrected chi connectivity index (χ3v) is 4.63. The van der Waals surface area contributed by atoms with E-state index in [1.54, 1.807) is 6.07 Å². The first-order chi connectivity index (χ1) is 8.70. The summed E-state index contributed by atoms with van der Waals surface area (Å²) in [5, 5.41) is 10.6. The van der Waals surface area contributed by atoms with Gasteiger partial charge in [0.2, 0.25) is 0 Å². The highest BCUT2D eigenvalue weighted by atomic mass is 32.1. The zero-order valence-corrected chi connectivity index (χ0v) is 11.4. The van der Waals surface area contributed by atoms with Crippen LogP contribution in [0.25, 0.3) is 10.1 Å². The number of rotatable bonds is 2. The van der Waals surface area contributed by atoms with Gasteiger partial charge in [-0.15, -0.1) is 11.3 Å². The molecule has 4 heteroatoms. The Bertz CT molecular complexity index is 544. The molecular weight excluding hydrogens is 244 g/mol. The summed E-state index contributed by atoms with van der Waals surface area (Å²) in [7, 11) is 2.18. The third kappa shape index (κ3) is 2.51. The molecule has 2 aromatic rings. The molecule has 0 unspecified atom stereocenters. The number of hydrogen-bond acceptors (Lipinski definition) is 4. The second-order valence-electron chi connectivity index (χ2n) is 5.01. The van der Waals surface area contributed by atoms with Crippen molar-refractivity contribution >= 4 is 21.4 Å². The largest absolute Gasteiger partial charge is 0.508 e. The minimum Gasteiger partial charge on any atom is -0.508 e. The van der Waals surface area contributed by atoms with E-state index in [1.165, 1.54) is 9.58 Å². The maximum Gasteiger partial charge on any atom is 0.116 e. The van der Waals surface area contributed by atoms with Crippen LogP contribution in [0, 0.1) is 0 Å². The highest BCUT2D eigenvalue weighted by Crippen LogP contribution is 2.29. The van der Waals surface area contributed by atoms with Crippen LogP contribution < -0.4 is 0 Å². The lowest BCUT2D eigenvalue weighted by Crippen LogP contribution is -2.43. The smallest absolute Gasteiger partial charge is 0.116 e. The SMILES string of the molecule is CN1CCN(Cc2cc3cc(O)ccc3s2)CC1. The molecule has 2 heterocycles. The van der Waals surface area contributed by atoms with Gasteiger partial charge in [0.05, 0.1) is 0 Å². The first-order valence-electron chi connectivity index (χ1n) is 6.33. The summed E-state index contributed by atoms with van der Waals surface area (Å²) in [4.78, 5) is 6.27. The molecule has 3 nitrogen and oxygen atoms in total. The number of likely N-dealkylation sites (N-methyl/N-ethyl adjacent to an activating group) is 1. The Labute approximate surface area is 111 Å². The number of piperazine rings is 1. The van der Waals surface area contributed by atoms with E-state index in [0.717, 1.165) is 38.1 Å². The predicted molar refractivity (Wildman–Crippen MR) is 76.3 cm³/mol. The normalized spacial score (nSPS) is 18.5. The zero-order chi connectivity index (χ0) is 12.5. The van der Waals surface area contributed by atoms with Gasteiger partial charge in [-0.1, -0.05) is 0 Å². The summed E-state index contributed by atoms with van der Waals surface area (Å²) in [5.41, 5.74) is 0. The van der Waals surface area contributed by atoms with Crippen molar-refractivity contribution in [2.75, 3.05) is 33.2 Å². The number of phenols is 1. The Morgan fingerprint density at radius 3 is 2.72 bits per heavy atom. The van der Waals surface area contributed by atoms with Crippen molar-refractivity contribution in [3.8, 4) is 5.75 Å². The topological polar surface area (TPSA) is 26.7 Å². The summed E-state index contributed by atoms with van der Waals surface area (Å²) < 4.78 is 1.26. The van der Waals surface area contributed by atoms with Crippen molar-refractivity contribution in [1.82, 2.24) is 9.80 Å². The molecule has 3 rings (SSSR count). The molecule has 1 saturated heterocycles. The van der Waals surface area contributed by atoms with E-state index in [0.29, 0.717) is 5.75 Å². The van der Waals surface area contributed by atoms with Crippen LogP contribution in [0.15, 0.2) is 24.3 Å². The predicted octanol–water partition coefficient (Wildman–Crippen LogP) is 2.35.